The summed E-state index contributed by atoms with van der Waals surface area (Å²) in [6, 6.07) is 10.2. The van der Waals surface area contributed by atoms with Crippen molar-refractivity contribution in [2.45, 2.75) is 32.2 Å². The second-order valence-corrected chi connectivity index (χ2v) is 8.23. The fourth-order valence-electron chi connectivity index (χ4n) is 2.27. The van der Waals surface area contributed by atoms with Crippen LogP contribution >= 0.6 is 0 Å². The van der Waals surface area contributed by atoms with Crippen LogP contribution in [0.15, 0.2) is 42.6 Å². The zero-order valence-corrected chi connectivity index (χ0v) is 15.3. The van der Waals surface area contributed by atoms with Crippen LogP contribution in [0.5, 0.6) is 5.88 Å². The van der Waals surface area contributed by atoms with Gasteiger partial charge in [0.05, 0.1) is 11.9 Å². The summed E-state index contributed by atoms with van der Waals surface area (Å²) in [5, 5.41) is 2.81. The normalized spacial score (nSPS) is 11.4. The second-order valence-electron chi connectivity index (χ2n) is 6.09. The molecule has 0 aliphatic rings. The summed E-state index contributed by atoms with van der Waals surface area (Å²) in [6.45, 7) is 4.08. The second kappa shape index (κ2) is 8.11. The predicted octanol–water partition coefficient (Wildman–Crippen LogP) is 2.34. The lowest BCUT2D eigenvalue weighted by Crippen LogP contribution is -2.23. The number of hydrogen-bond acceptors (Lipinski definition) is 5. The molecule has 1 aromatic carbocycles. The van der Waals surface area contributed by atoms with E-state index in [4.69, 9.17) is 4.74 Å². The Bertz CT molecular complexity index is 848. The fraction of sp³-hybridized carbons (Fsp3) is 0.333. The maximum atomic E-state index is 12.3. The van der Waals surface area contributed by atoms with Crippen molar-refractivity contribution >= 4 is 15.7 Å². The Kier molecular flexibility index (Phi) is 6.14. The maximum Gasteiger partial charge on any atom is 0.251 e. The molecule has 0 atom stereocenters. The third kappa shape index (κ3) is 6.19. The topological polar surface area (TPSA) is 85.4 Å². The molecule has 2 aromatic rings. The predicted molar refractivity (Wildman–Crippen MR) is 96.2 cm³/mol. The quantitative estimate of drug-likeness (QED) is 0.817. The van der Waals surface area contributed by atoms with Crippen LogP contribution in [0.4, 0.5) is 0 Å². The smallest absolute Gasteiger partial charge is 0.251 e. The molecule has 25 heavy (non-hydrogen) atoms. The monoisotopic (exact) mass is 362 g/mol. The average Bonchev–Trinajstić information content (AvgIpc) is 2.52. The van der Waals surface area contributed by atoms with Crippen LogP contribution in [-0.2, 0) is 22.1 Å². The highest BCUT2D eigenvalue weighted by molar-refractivity contribution is 7.89. The van der Waals surface area contributed by atoms with E-state index >= 15 is 0 Å². The van der Waals surface area contributed by atoms with Gasteiger partial charge in [-0.2, -0.15) is 0 Å². The summed E-state index contributed by atoms with van der Waals surface area (Å²) in [4.78, 5) is 16.5. The number of nitrogens with one attached hydrogen (secondary N) is 1. The highest BCUT2D eigenvalue weighted by atomic mass is 32.2. The van der Waals surface area contributed by atoms with E-state index in [1.54, 1.807) is 36.5 Å². The Morgan fingerprint density at radius 1 is 1.24 bits per heavy atom. The van der Waals surface area contributed by atoms with Crippen molar-refractivity contribution in [3.8, 4) is 5.88 Å². The highest BCUT2D eigenvalue weighted by Gasteiger charge is 2.11. The SMILES string of the molecule is CC(C)Oc1ncccc1CNC(=O)c1cccc(CS(C)(=O)=O)c1. The van der Waals surface area contributed by atoms with E-state index in [0.29, 0.717) is 17.0 Å². The molecule has 134 valence electrons. The molecule has 1 N–H and O–H groups in total. The molecule has 7 heteroatoms. The third-order valence-electron chi connectivity index (χ3n) is 3.25. The number of pyridine rings is 1. The molecule has 0 saturated heterocycles. The van der Waals surface area contributed by atoms with Gasteiger partial charge in [-0.15, -0.1) is 0 Å². The molecule has 6 nitrogen and oxygen atoms in total. The average molecular weight is 362 g/mol. The van der Waals surface area contributed by atoms with Gasteiger partial charge in [0.15, 0.2) is 9.84 Å². The lowest BCUT2D eigenvalue weighted by Gasteiger charge is -2.13. The van der Waals surface area contributed by atoms with Gasteiger partial charge in [0, 0.05) is 30.1 Å². The molecule has 0 spiro atoms. The Labute approximate surface area is 148 Å². The Morgan fingerprint density at radius 2 is 2.00 bits per heavy atom. The van der Waals surface area contributed by atoms with Gasteiger partial charge >= 0.3 is 0 Å². The van der Waals surface area contributed by atoms with E-state index in [1.165, 1.54) is 6.26 Å². The molecule has 0 radical (unpaired) electrons. The van der Waals surface area contributed by atoms with Gasteiger partial charge in [-0.25, -0.2) is 13.4 Å². The van der Waals surface area contributed by atoms with Gasteiger partial charge in [0.25, 0.3) is 5.91 Å². The summed E-state index contributed by atoms with van der Waals surface area (Å²) in [5.74, 6) is 0.113. The van der Waals surface area contributed by atoms with Gasteiger partial charge in [-0.1, -0.05) is 18.2 Å². The van der Waals surface area contributed by atoms with Crippen molar-refractivity contribution in [2.75, 3.05) is 6.26 Å². The number of benzene rings is 1. The molecule has 1 amide bonds. The molecule has 0 saturated carbocycles. The molecule has 0 unspecified atom stereocenters. The number of sulfone groups is 1. The van der Waals surface area contributed by atoms with E-state index in [9.17, 15) is 13.2 Å². The summed E-state index contributed by atoms with van der Waals surface area (Å²) in [5.41, 5.74) is 1.77. The van der Waals surface area contributed by atoms with Crippen LogP contribution in [0.1, 0.15) is 35.3 Å². The highest BCUT2D eigenvalue weighted by Crippen LogP contribution is 2.16. The molecular weight excluding hydrogens is 340 g/mol. The number of nitrogens with zero attached hydrogens (tertiary/aromatic N) is 1. The summed E-state index contributed by atoms with van der Waals surface area (Å²) in [6.07, 6.45) is 2.79. The van der Waals surface area contributed by atoms with Crippen LogP contribution in [0.25, 0.3) is 0 Å². The van der Waals surface area contributed by atoms with Crippen LogP contribution in [0.2, 0.25) is 0 Å². The Hall–Kier alpha value is -2.41. The van der Waals surface area contributed by atoms with E-state index in [-0.39, 0.29) is 24.3 Å². The third-order valence-corrected chi connectivity index (χ3v) is 4.11. The standard InChI is InChI=1S/C18H22N2O4S/c1-13(2)24-18-16(8-5-9-19-18)11-20-17(21)15-7-4-6-14(10-15)12-25(3,22)23/h4-10,13H,11-12H2,1-3H3,(H,20,21). The molecular formula is C18H22N2O4S. The zero-order valence-electron chi connectivity index (χ0n) is 14.5. The van der Waals surface area contributed by atoms with Crippen molar-refractivity contribution < 1.29 is 17.9 Å². The zero-order chi connectivity index (χ0) is 18.4. The number of amides is 1. The molecule has 1 aromatic heterocycles. The van der Waals surface area contributed by atoms with Crippen molar-refractivity contribution in [2.24, 2.45) is 0 Å². The number of carbonyl (C=O) groups excluding carboxylic acids is 1. The molecule has 0 aliphatic heterocycles. The number of ether oxygens (including phenoxy) is 1. The molecule has 0 aliphatic carbocycles. The Balaban J connectivity index is 2.07. The lowest BCUT2D eigenvalue weighted by atomic mass is 10.1. The molecule has 0 fully saturated rings. The first-order valence-electron chi connectivity index (χ1n) is 7.90. The van der Waals surface area contributed by atoms with Crippen molar-refractivity contribution in [1.29, 1.82) is 0 Å². The number of carbonyl (C=O) groups is 1. The molecule has 2 rings (SSSR count). The van der Waals surface area contributed by atoms with Crippen LogP contribution in [0, 0.1) is 0 Å². The first-order chi connectivity index (χ1) is 11.7. The summed E-state index contributed by atoms with van der Waals surface area (Å²) < 4.78 is 28.4. The first kappa shape index (κ1) is 18.9. The van der Waals surface area contributed by atoms with Crippen molar-refractivity contribution in [1.82, 2.24) is 10.3 Å². The van der Waals surface area contributed by atoms with Crippen molar-refractivity contribution in [3.63, 3.8) is 0 Å². The van der Waals surface area contributed by atoms with Gasteiger partial charge < -0.3 is 10.1 Å². The number of aromatic nitrogens is 1. The molecule has 1 heterocycles. The van der Waals surface area contributed by atoms with E-state index < -0.39 is 9.84 Å². The van der Waals surface area contributed by atoms with Crippen LogP contribution < -0.4 is 10.1 Å². The first-order valence-corrected chi connectivity index (χ1v) is 9.96. The van der Waals surface area contributed by atoms with Crippen LogP contribution in [-0.4, -0.2) is 31.7 Å². The van der Waals surface area contributed by atoms with E-state index in [2.05, 4.69) is 10.3 Å². The van der Waals surface area contributed by atoms with E-state index in [0.717, 1.165) is 5.56 Å². The summed E-state index contributed by atoms with van der Waals surface area (Å²) in [7, 11) is -3.15. The number of hydrogen-bond donors (Lipinski definition) is 1. The largest absolute Gasteiger partial charge is 0.475 e. The Morgan fingerprint density at radius 3 is 2.68 bits per heavy atom. The van der Waals surface area contributed by atoms with Crippen molar-refractivity contribution in [3.05, 3.63) is 59.3 Å². The van der Waals surface area contributed by atoms with Crippen LogP contribution in [0.3, 0.4) is 0 Å². The van der Waals surface area contributed by atoms with Gasteiger partial charge in [0.1, 0.15) is 0 Å². The lowest BCUT2D eigenvalue weighted by molar-refractivity contribution is 0.0950. The maximum absolute atomic E-state index is 12.3. The minimum atomic E-state index is -3.15. The van der Waals surface area contributed by atoms with E-state index in [1.807, 2.05) is 19.9 Å². The minimum absolute atomic E-state index is 0.0166. The summed E-state index contributed by atoms with van der Waals surface area (Å²) >= 11 is 0. The van der Waals surface area contributed by atoms with Gasteiger partial charge in [-0.05, 0) is 37.6 Å². The number of rotatable bonds is 7. The van der Waals surface area contributed by atoms with Gasteiger partial charge in [0.2, 0.25) is 5.88 Å². The minimum Gasteiger partial charge on any atom is -0.475 e. The molecule has 0 bridgehead atoms. The van der Waals surface area contributed by atoms with Gasteiger partial charge in [-0.3, -0.25) is 4.79 Å². The fourth-order valence-corrected chi connectivity index (χ4v) is 3.06.